The van der Waals surface area contributed by atoms with Crippen LogP contribution in [0.2, 0.25) is 0 Å². The van der Waals surface area contributed by atoms with Gasteiger partial charge in [-0.15, -0.1) is 0 Å². The average molecular weight is 176 g/mol. The number of hydrogen-bond donors (Lipinski definition) is 2. The van der Waals surface area contributed by atoms with Gasteiger partial charge < -0.3 is 5.11 Å². The van der Waals surface area contributed by atoms with Crippen molar-refractivity contribution in [2.24, 2.45) is 0 Å². The van der Waals surface area contributed by atoms with Crippen molar-refractivity contribution in [3.05, 3.63) is 0 Å². The third kappa shape index (κ3) is 215. The maximum absolute atomic E-state index is 10.0. The van der Waals surface area contributed by atoms with Gasteiger partial charge in [0, 0.05) is 4.53 Å². The molecule has 0 aliphatic heterocycles. The molecule has 0 spiro atoms. The van der Waals surface area contributed by atoms with E-state index in [1.54, 1.807) is 0 Å². The summed E-state index contributed by atoms with van der Waals surface area (Å²) in [4.78, 5) is 10.9. The van der Waals surface area contributed by atoms with Crippen molar-refractivity contribution in [1.29, 1.82) is 0 Å². The smallest absolute Gasteiger partial charge is 0.448 e. The summed E-state index contributed by atoms with van der Waals surface area (Å²) in [6.45, 7) is 0. The highest BCUT2D eigenvalue weighted by atomic mass is 32.2. The van der Waals surface area contributed by atoms with Crippen molar-refractivity contribution in [3.63, 3.8) is 0 Å². The number of carbonyl (C=O) groups is 1. The summed E-state index contributed by atoms with van der Waals surface area (Å²) in [5.74, 6) is 0. The van der Waals surface area contributed by atoms with E-state index in [1.807, 2.05) is 0 Å². The van der Waals surface area contributed by atoms with Crippen LogP contribution in [0.1, 0.15) is 0 Å². The van der Waals surface area contributed by atoms with Gasteiger partial charge in [0.05, 0.1) is 6.26 Å². The first-order valence-corrected chi connectivity index (χ1v) is 3.56. The van der Waals surface area contributed by atoms with Crippen LogP contribution in [0.25, 0.3) is 0 Å². The first-order chi connectivity index (χ1) is 4.27. The minimum absolute atomic E-state index is 0.715. The monoisotopic (exact) mass is 176 g/mol. The summed E-state index contributed by atoms with van der Waals surface area (Å²) < 4.78 is 35.9. The Bertz CT molecular complexity index is 174. The molecule has 2 N–H and O–H groups in total. The third-order valence-electron chi connectivity index (χ3n) is 0.0660. The average Bonchev–Trinajstić information content (AvgIpc) is 1.61. The molecule has 0 unspecified atom stereocenters. The highest BCUT2D eigenvalue weighted by Crippen LogP contribution is 1.69. The molecular formula is C2H5FO6S. The molecule has 0 aromatic heterocycles. The van der Waals surface area contributed by atoms with E-state index in [-0.39, 0.29) is 0 Å². The van der Waals surface area contributed by atoms with Crippen molar-refractivity contribution < 1.29 is 32.3 Å². The zero-order chi connectivity index (χ0) is 8.78. The minimum Gasteiger partial charge on any atom is -0.448 e. The molecule has 6 nitrogen and oxygen atoms in total. The van der Waals surface area contributed by atoms with Crippen molar-refractivity contribution in [3.8, 4) is 0 Å². The van der Waals surface area contributed by atoms with Gasteiger partial charge in [-0.05, 0) is 0 Å². The van der Waals surface area contributed by atoms with Gasteiger partial charge in [-0.2, -0.15) is 8.42 Å². The van der Waals surface area contributed by atoms with Crippen LogP contribution >= 0.6 is 0 Å². The second-order valence-corrected chi connectivity index (χ2v) is 2.54. The van der Waals surface area contributed by atoms with Crippen molar-refractivity contribution in [2.45, 2.75) is 0 Å². The molecule has 0 fully saturated rings. The zero-order valence-electron chi connectivity index (χ0n) is 4.81. The minimum atomic E-state index is -3.67. The molecule has 8 heteroatoms. The lowest BCUT2D eigenvalue weighted by molar-refractivity contribution is -0.0884. The Hall–Kier alpha value is -0.890. The molecule has 0 heterocycles. The van der Waals surface area contributed by atoms with Crippen molar-refractivity contribution in [1.82, 2.24) is 0 Å². The van der Waals surface area contributed by atoms with E-state index in [0.717, 1.165) is 0 Å². The van der Waals surface area contributed by atoms with Crippen LogP contribution < -0.4 is 0 Å². The number of rotatable bonds is 0. The van der Waals surface area contributed by atoms with E-state index in [2.05, 4.69) is 4.94 Å². The largest absolute Gasteiger partial charge is 0.542 e. The lowest BCUT2D eigenvalue weighted by Gasteiger charge is -1.70. The van der Waals surface area contributed by atoms with Crippen LogP contribution in [0.15, 0.2) is 0 Å². The van der Waals surface area contributed by atoms with Gasteiger partial charge in [0.15, 0.2) is 0 Å². The summed E-state index contributed by atoms with van der Waals surface area (Å²) in [5, 5.41) is 7.12. The summed E-state index contributed by atoms with van der Waals surface area (Å²) in [6, 6.07) is 0. The standard InChI is InChI=1S/CHFO3.CH4O3S/c2-5-1(3)4;1-5(2,3)4/h(H,3,4);1H3,(H,2,3,4). The Morgan fingerprint density at radius 3 is 1.70 bits per heavy atom. The zero-order valence-corrected chi connectivity index (χ0v) is 5.63. The van der Waals surface area contributed by atoms with Gasteiger partial charge in [0.25, 0.3) is 10.1 Å². The van der Waals surface area contributed by atoms with E-state index in [0.29, 0.717) is 6.26 Å². The third-order valence-corrected chi connectivity index (χ3v) is 0.0660. The van der Waals surface area contributed by atoms with E-state index in [4.69, 9.17) is 14.5 Å². The summed E-state index contributed by atoms with van der Waals surface area (Å²) in [5.41, 5.74) is 0. The number of carboxylic acid groups (broad SMARTS) is 1. The molecular weight excluding hydrogens is 171 g/mol. The maximum atomic E-state index is 10.0. The molecule has 0 aliphatic carbocycles. The second-order valence-electron chi connectivity index (χ2n) is 1.08. The fourth-order valence-corrected chi connectivity index (χ4v) is 0. The maximum Gasteiger partial charge on any atom is 0.542 e. The first kappa shape index (κ1) is 11.9. The van der Waals surface area contributed by atoms with Gasteiger partial charge in [-0.1, -0.05) is 0 Å². The van der Waals surface area contributed by atoms with Crippen LogP contribution in [0.4, 0.5) is 9.32 Å². The first-order valence-electron chi connectivity index (χ1n) is 1.71. The number of hydrogen-bond acceptors (Lipinski definition) is 4. The molecule has 0 aromatic rings. The van der Waals surface area contributed by atoms with Crippen molar-refractivity contribution in [2.75, 3.05) is 6.26 Å². The van der Waals surface area contributed by atoms with Gasteiger partial charge in [-0.3, -0.25) is 4.55 Å². The van der Waals surface area contributed by atoms with Gasteiger partial charge >= 0.3 is 6.16 Å². The van der Waals surface area contributed by atoms with E-state index in [1.165, 1.54) is 0 Å². The van der Waals surface area contributed by atoms with Gasteiger partial charge in [0.2, 0.25) is 0 Å². The predicted octanol–water partition coefficient (Wildman–Crippen LogP) is 0.0695. The van der Waals surface area contributed by atoms with Crippen LogP contribution in [0, 0.1) is 0 Å². The lowest BCUT2D eigenvalue weighted by atomic mass is 11.5. The molecule has 0 aromatic carbocycles. The molecule has 10 heavy (non-hydrogen) atoms. The molecule has 0 rings (SSSR count). The molecule has 0 radical (unpaired) electrons. The molecule has 0 aliphatic rings. The van der Waals surface area contributed by atoms with Crippen LogP contribution in [-0.2, 0) is 15.1 Å². The second kappa shape index (κ2) is 4.94. The fraction of sp³-hybridized carbons (Fsp3) is 0.500. The Morgan fingerprint density at radius 2 is 1.70 bits per heavy atom. The van der Waals surface area contributed by atoms with Gasteiger partial charge in [0.1, 0.15) is 0 Å². The summed E-state index contributed by atoms with van der Waals surface area (Å²) in [6.07, 6.45) is -1.20. The quantitative estimate of drug-likeness (QED) is 0.506. The summed E-state index contributed by atoms with van der Waals surface area (Å²) in [7, 11) is -3.67. The van der Waals surface area contributed by atoms with E-state index < -0.39 is 16.3 Å². The van der Waals surface area contributed by atoms with Crippen LogP contribution in [-0.4, -0.2) is 30.5 Å². The molecule has 0 saturated heterocycles. The molecule has 0 atom stereocenters. The van der Waals surface area contributed by atoms with Gasteiger partial charge in [-0.25, -0.2) is 9.74 Å². The summed E-state index contributed by atoms with van der Waals surface area (Å²) >= 11 is 0. The highest BCUT2D eigenvalue weighted by molar-refractivity contribution is 7.85. The molecule has 62 valence electrons. The molecule has 0 amide bonds. The fourth-order valence-electron chi connectivity index (χ4n) is 0. The van der Waals surface area contributed by atoms with Crippen molar-refractivity contribution >= 4 is 16.3 Å². The predicted molar refractivity (Wildman–Crippen MR) is 27.7 cm³/mol. The number of halogens is 1. The van der Waals surface area contributed by atoms with Crippen LogP contribution in [0.5, 0.6) is 0 Å². The van der Waals surface area contributed by atoms with Crippen LogP contribution in [0.3, 0.4) is 0 Å². The van der Waals surface area contributed by atoms with E-state index in [9.17, 15) is 12.9 Å². The SMILES string of the molecule is CS(=O)(=O)O.O=C(O)OF. The Morgan fingerprint density at radius 1 is 1.60 bits per heavy atom. The topological polar surface area (TPSA) is 101 Å². The molecule has 0 saturated carbocycles. The Kier molecular flexibility index (Phi) is 5.86. The lowest BCUT2D eigenvalue weighted by Crippen LogP contribution is -1.88. The Balaban J connectivity index is 0. The normalized spacial score (nSPS) is 9.10. The molecule has 0 bridgehead atoms. The van der Waals surface area contributed by atoms with E-state index >= 15 is 0 Å². The highest BCUT2D eigenvalue weighted by Gasteiger charge is 1.87. The Labute approximate surface area is 55.9 Å².